The van der Waals surface area contributed by atoms with Crippen LogP contribution in [0.5, 0.6) is 0 Å². The van der Waals surface area contributed by atoms with Crippen molar-refractivity contribution in [3.05, 3.63) is 0 Å². The number of nitrogens with two attached hydrogens (primary N) is 1. The van der Waals surface area contributed by atoms with Gasteiger partial charge in [0.15, 0.2) is 0 Å². The van der Waals surface area contributed by atoms with E-state index in [1.54, 1.807) is 0 Å². The van der Waals surface area contributed by atoms with Gasteiger partial charge in [0.05, 0.1) is 5.60 Å². The fourth-order valence-corrected chi connectivity index (χ4v) is 0.998. The molecule has 0 saturated carbocycles. The van der Waals surface area contributed by atoms with Crippen LogP contribution in [0.3, 0.4) is 0 Å². The maximum atomic E-state index is 5.44. The number of hydrogen-bond acceptors (Lipinski definition) is 2. The summed E-state index contributed by atoms with van der Waals surface area (Å²) in [4.78, 5) is 0. The van der Waals surface area contributed by atoms with Crippen LogP contribution in [0, 0.1) is 0 Å². The molecule has 9 heavy (non-hydrogen) atoms. The number of rotatable bonds is 1. The molecule has 1 aliphatic heterocycles. The Hall–Kier alpha value is 0.210. The van der Waals surface area contributed by atoms with Crippen molar-refractivity contribution < 1.29 is 4.74 Å². The normalized spacial score (nSPS) is 34.0. The molecule has 1 rings (SSSR count). The van der Waals surface area contributed by atoms with Gasteiger partial charge in [0.1, 0.15) is 0 Å². The lowest BCUT2D eigenvalue weighted by molar-refractivity contribution is 0.0280. The molecule has 0 aliphatic carbocycles. The topological polar surface area (TPSA) is 35.2 Å². The number of halogens is 1. The molecular formula is C6H14ClNO. The van der Waals surface area contributed by atoms with Gasteiger partial charge in [-0.25, -0.2) is 0 Å². The first-order chi connectivity index (χ1) is 3.77. The second-order valence-electron chi connectivity index (χ2n) is 2.61. The third-order valence-corrected chi connectivity index (χ3v) is 1.73. The van der Waals surface area contributed by atoms with Crippen molar-refractivity contribution in [1.82, 2.24) is 0 Å². The highest BCUT2D eigenvalue weighted by Crippen LogP contribution is 2.22. The highest BCUT2D eigenvalue weighted by atomic mass is 35.5. The Bertz CT molecular complexity index is 81.1. The zero-order chi connectivity index (χ0) is 6.04. The predicted molar refractivity (Wildman–Crippen MR) is 39.9 cm³/mol. The summed E-state index contributed by atoms with van der Waals surface area (Å²) in [6.07, 6.45) is 2.30. The Labute approximate surface area is 62.2 Å². The van der Waals surface area contributed by atoms with E-state index in [4.69, 9.17) is 10.5 Å². The maximum absolute atomic E-state index is 5.44. The minimum atomic E-state index is 0. The molecule has 1 saturated heterocycles. The van der Waals surface area contributed by atoms with Crippen LogP contribution in [0.15, 0.2) is 0 Å². The lowest BCUT2D eigenvalue weighted by atomic mass is 10.0. The van der Waals surface area contributed by atoms with Crippen molar-refractivity contribution in [3.63, 3.8) is 0 Å². The van der Waals surface area contributed by atoms with Crippen LogP contribution in [0.1, 0.15) is 19.8 Å². The van der Waals surface area contributed by atoms with Crippen LogP contribution in [0.4, 0.5) is 0 Å². The Morgan fingerprint density at radius 2 is 2.33 bits per heavy atom. The highest BCUT2D eigenvalue weighted by molar-refractivity contribution is 5.85. The molecule has 0 aromatic rings. The zero-order valence-corrected chi connectivity index (χ0v) is 6.54. The summed E-state index contributed by atoms with van der Waals surface area (Å²) < 4.78 is 5.36. The fraction of sp³-hybridized carbons (Fsp3) is 1.00. The molecule has 1 heterocycles. The van der Waals surface area contributed by atoms with Crippen LogP contribution in [0.25, 0.3) is 0 Å². The fourth-order valence-electron chi connectivity index (χ4n) is 0.998. The van der Waals surface area contributed by atoms with Gasteiger partial charge >= 0.3 is 0 Å². The van der Waals surface area contributed by atoms with E-state index in [-0.39, 0.29) is 18.0 Å². The largest absolute Gasteiger partial charge is 0.374 e. The molecule has 0 bridgehead atoms. The smallest absolute Gasteiger partial charge is 0.0777 e. The van der Waals surface area contributed by atoms with Gasteiger partial charge in [0, 0.05) is 13.2 Å². The monoisotopic (exact) mass is 151 g/mol. The molecule has 2 N–H and O–H groups in total. The van der Waals surface area contributed by atoms with E-state index in [0.29, 0.717) is 6.54 Å². The van der Waals surface area contributed by atoms with Gasteiger partial charge in [-0.15, -0.1) is 12.4 Å². The van der Waals surface area contributed by atoms with Crippen LogP contribution >= 0.6 is 12.4 Å². The van der Waals surface area contributed by atoms with E-state index in [1.807, 2.05) is 0 Å². The molecule has 56 valence electrons. The van der Waals surface area contributed by atoms with E-state index in [1.165, 1.54) is 6.42 Å². The molecule has 2 nitrogen and oxygen atoms in total. The van der Waals surface area contributed by atoms with Crippen LogP contribution in [-0.4, -0.2) is 18.8 Å². The van der Waals surface area contributed by atoms with E-state index in [0.717, 1.165) is 13.0 Å². The maximum Gasteiger partial charge on any atom is 0.0777 e. The average molecular weight is 152 g/mol. The first kappa shape index (κ1) is 9.21. The summed E-state index contributed by atoms with van der Waals surface area (Å²) in [7, 11) is 0. The molecule has 1 fully saturated rings. The van der Waals surface area contributed by atoms with Crippen molar-refractivity contribution >= 4 is 12.4 Å². The second-order valence-corrected chi connectivity index (χ2v) is 2.61. The molecule has 0 spiro atoms. The van der Waals surface area contributed by atoms with Gasteiger partial charge in [0.2, 0.25) is 0 Å². The second kappa shape index (κ2) is 3.40. The third-order valence-electron chi connectivity index (χ3n) is 1.73. The number of ether oxygens (including phenoxy) is 1. The van der Waals surface area contributed by atoms with E-state index >= 15 is 0 Å². The van der Waals surface area contributed by atoms with Gasteiger partial charge in [-0.3, -0.25) is 0 Å². The van der Waals surface area contributed by atoms with Gasteiger partial charge in [-0.05, 0) is 19.8 Å². The molecule has 1 aliphatic rings. The molecule has 1 unspecified atom stereocenters. The average Bonchev–Trinajstić information content (AvgIpc) is 2.17. The predicted octanol–water partition coefficient (Wildman–Crippen LogP) is 0.936. The summed E-state index contributed by atoms with van der Waals surface area (Å²) in [5.74, 6) is 0. The summed E-state index contributed by atoms with van der Waals surface area (Å²) in [5.41, 5.74) is 5.46. The Morgan fingerprint density at radius 3 is 2.56 bits per heavy atom. The number of hydrogen-bond donors (Lipinski definition) is 1. The molecule has 1 atom stereocenters. The molecule has 3 heteroatoms. The third kappa shape index (κ3) is 2.12. The van der Waals surface area contributed by atoms with Crippen molar-refractivity contribution in [2.75, 3.05) is 13.2 Å². The van der Waals surface area contributed by atoms with Gasteiger partial charge in [0.25, 0.3) is 0 Å². The standard InChI is InChI=1S/C6H13NO.ClH/c1-6(5-7)3-2-4-8-6;/h2-5,7H2,1H3;1H. The lowest BCUT2D eigenvalue weighted by Gasteiger charge is -2.19. The van der Waals surface area contributed by atoms with Crippen molar-refractivity contribution in [3.8, 4) is 0 Å². The summed E-state index contributed by atoms with van der Waals surface area (Å²) >= 11 is 0. The Kier molecular flexibility index (Phi) is 3.48. The van der Waals surface area contributed by atoms with E-state index in [2.05, 4.69) is 6.92 Å². The van der Waals surface area contributed by atoms with Crippen molar-refractivity contribution in [2.24, 2.45) is 5.73 Å². The minimum absolute atomic E-state index is 0. The molecule has 0 amide bonds. The van der Waals surface area contributed by atoms with E-state index < -0.39 is 0 Å². The SMILES string of the molecule is CC1(CN)CCCO1.Cl. The highest BCUT2D eigenvalue weighted by Gasteiger charge is 2.27. The van der Waals surface area contributed by atoms with Crippen LogP contribution < -0.4 is 5.73 Å². The Morgan fingerprint density at radius 1 is 1.67 bits per heavy atom. The molecule has 0 radical (unpaired) electrons. The Balaban J connectivity index is 0.000000640. The van der Waals surface area contributed by atoms with E-state index in [9.17, 15) is 0 Å². The molecule has 0 aromatic heterocycles. The summed E-state index contributed by atoms with van der Waals surface area (Å²) in [6, 6.07) is 0. The van der Waals surface area contributed by atoms with Gasteiger partial charge in [-0.2, -0.15) is 0 Å². The quantitative estimate of drug-likeness (QED) is 0.606. The first-order valence-electron chi connectivity index (χ1n) is 3.11. The molecule has 0 aromatic carbocycles. The van der Waals surface area contributed by atoms with Crippen LogP contribution in [0.2, 0.25) is 0 Å². The molecular weight excluding hydrogens is 138 g/mol. The van der Waals surface area contributed by atoms with Crippen molar-refractivity contribution in [1.29, 1.82) is 0 Å². The summed E-state index contributed by atoms with van der Waals surface area (Å²) in [6.45, 7) is 3.63. The van der Waals surface area contributed by atoms with Gasteiger partial charge in [-0.1, -0.05) is 0 Å². The van der Waals surface area contributed by atoms with Crippen molar-refractivity contribution in [2.45, 2.75) is 25.4 Å². The van der Waals surface area contributed by atoms with Crippen LogP contribution in [-0.2, 0) is 4.74 Å². The van der Waals surface area contributed by atoms with Gasteiger partial charge < -0.3 is 10.5 Å². The lowest BCUT2D eigenvalue weighted by Crippen LogP contribution is -2.32. The zero-order valence-electron chi connectivity index (χ0n) is 5.72. The minimum Gasteiger partial charge on any atom is -0.374 e. The summed E-state index contributed by atoms with van der Waals surface area (Å²) in [5, 5.41) is 0. The first-order valence-corrected chi connectivity index (χ1v) is 3.11.